The predicted molar refractivity (Wildman–Crippen MR) is 137 cm³/mol. The molecule has 11 nitrogen and oxygen atoms in total. The van der Waals surface area contributed by atoms with Crippen molar-refractivity contribution >= 4 is 23.7 Å². The molecule has 0 heterocycles. The number of aromatic hydroxyl groups is 1. The zero-order valence-electron chi connectivity index (χ0n) is 20.6. The quantitative estimate of drug-likeness (QED) is 0.159. The fourth-order valence-electron chi connectivity index (χ4n) is 3.60. The summed E-state index contributed by atoms with van der Waals surface area (Å²) in [5, 5.41) is 26.2. The third kappa shape index (κ3) is 10.7. The second kappa shape index (κ2) is 15.2. The van der Waals surface area contributed by atoms with Gasteiger partial charge >= 0.3 is 5.97 Å². The maximum Gasteiger partial charge on any atom is 0.326 e. The van der Waals surface area contributed by atoms with Crippen molar-refractivity contribution in [1.82, 2.24) is 16.0 Å². The van der Waals surface area contributed by atoms with Crippen LogP contribution in [0.5, 0.6) is 5.75 Å². The number of nitrogens with one attached hydrogen (secondary N) is 3. The van der Waals surface area contributed by atoms with E-state index in [1.807, 2.05) is 6.07 Å². The number of nitrogens with two attached hydrogens (primary N) is 2. The molecule has 9 N–H and O–H groups in total. The van der Waals surface area contributed by atoms with Crippen molar-refractivity contribution in [1.29, 1.82) is 0 Å². The van der Waals surface area contributed by atoms with Crippen LogP contribution in [0.4, 0.5) is 0 Å². The molecule has 0 fully saturated rings. The molecule has 3 amide bonds. The van der Waals surface area contributed by atoms with Crippen molar-refractivity contribution in [3.8, 4) is 5.75 Å². The average Bonchev–Trinajstić information content (AvgIpc) is 2.88. The molecule has 37 heavy (non-hydrogen) atoms. The first-order chi connectivity index (χ1) is 17.7. The fourth-order valence-corrected chi connectivity index (χ4v) is 3.60. The summed E-state index contributed by atoms with van der Waals surface area (Å²) < 4.78 is 0. The van der Waals surface area contributed by atoms with Gasteiger partial charge in [0.2, 0.25) is 17.7 Å². The second-order valence-electron chi connectivity index (χ2n) is 8.69. The molecule has 0 radical (unpaired) electrons. The smallest absolute Gasteiger partial charge is 0.326 e. The van der Waals surface area contributed by atoms with Crippen LogP contribution in [0.25, 0.3) is 0 Å². The van der Waals surface area contributed by atoms with E-state index in [-0.39, 0.29) is 25.0 Å². The number of benzene rings is 2. The van der Waals surface area contributed by atoms with E-state index in [1.54, 1.807) is 36.4 Å². The van der Waals surface area contributed by atoms with Gasteiger partial charge in [-0.25, -0.2) is 4.79 Å². The molecule has 2 rings (SSSR count). The number of unbranched alkanes of at least 4 members (excludes halogenated alkanes) is 1. The maximum atomic E-state index is 12.9. The highest BCUT2D eigenvalue weighted by Crippen LogP contribution is 2.11. The lowest BCUT2D eigenvalue weighted by Crippen LogP contribution is -2.54. The number of phenolic OH excluding ortho intramolecular Hbond substituents is 1. The van der Waals surface area contributed by atoms with Gasteiger partial charge in [0.25, 0.3) is 0 Å². The van der Waals surface area contributed by atoms with Crippen LogP contribution in [0.3, 0.4) is 0 Å². The summed E-state index contributed by atoms with van der Waals surface area (Å²) >= 11 is 0. The number of carboxylic acid groups (broad SMARTS) is 1. The lowest BCUT2D eigenvalue weighted by molar-refractivity contribution is -0.142. The highest BCUT2D eigenvalue weighted by Gasteiger charge is 2.25. The molecule has 200 valence electrons. The number of hydrogen-bond donors (Lipinski definition) is 7. The molecule has 0 bridgehead atoms. The Bertz CT molecular complexity index is 1030. The Morgan fingerprint density at radius 2 is 1.46 bits per heavy atom. The molecule has 0 spiro atoms. The first-order valence-electron chi connectivity index (χ1n) is 12.1. The highest BCUT2D eigenvalue weighted by atomic mass is 16.4. The Balaban J connectivity index is 1.99. The Kier molecular flexibility index (Phi) is 12.0. The molecule has 0 aliphatic heterocycles. The zero-order chi connectivity index (χ0) is 27.2. The normalized spacial score (nSPS) is 13.1. The van der Waals surface area contributed by atoms with Crippen molar-refractivity contribution in [3.63, 3.8) is 0 Å². The van der Waals surface area contributed by atoms with Gasteiger partial charge in [0.05, 0.1) is 12.6 Å². The molecular formula is C26H35N5O6. The molecule has 2 aromatic rings. The summed E-state index contributed by atoms with van der Waals surface area (Å²) in [5.74, 6) is -2.91. The lowest BCUT2D eigenvalue weighted by atomic mass is 10.0. The van der Waals surface area contributed by atoms with Crippen molar-refractivity contribution in [2.45, 2.75) is 50.2 Å². The molecule has 2 aromatic carbocycles. The van der Waals surface area contributed by atoms with E-state index in [9.17, 15) is 29.4 Å². The maximum absolute atomic E-state index is 12.9. The summed E-state index contributed by atoms with van der Waals surface area (Å²) in [6.45, 7) is -0.0380. The first-order valence-corrected chi connectivity index (χ1v) is 12.1. The van der Waals surface area contributed by atoms with Crippen molar-refractivity contribution in [2.75, 3.05) is 13.1 Å². The zero-order valence-corrected chi connectivity index (χ0v) is 20.6. The minimum absolute atomic E-state index is 0.0932. The van der Waals surface area contributed by atoms with Gasteiger partial charge in [0.15, 0.2) is 0 Å². The molecule has 11 heteroatoms. The Morgan fingerprint density at radius 1 is 0.811 bits per heavy atom. The summed E-state index contributed by atoms with van der Waals surface area (Å²) in [4.78, 5) is 49.4. The van der Waals surface area contributed by atoms with Crippen LogP contribution in [0, 0.1) is 0 Å². The Morgan fingerprint density at radius 3 is 2.08 bits per heavy atom. The monoisotopic (exact) mass is 513 g/mol. The molecule has 0 saturated heterocycles. The topological polar surface area (TPSA) is 197 Å². The number of carbonyl (C=O) groups excluding carboxylic acids is 3. The summed E-state index contributed by atoms with van der Waals surface area (Å²) in [5.41, 5.74) is 13.0. The van der Waals surface area contributed by atoms with Crippen LogP contribution >= 0.6 is 0 Å². The van der Waals surface area contributed by atoms with Gasteiger partial charge in [0, 0.05) is 6.42 Å². The lowest BCUT2D eigenvalue weighted by Gasteiger charge is -2.21. The van der Waals surface area contributed by atoms with Gasteiger partial charge < -0.3 is 37.6 Å². The minimum Gasteiger partial charge on any atom is -0.508 e. The van der Waals surface area contributed by atoms with Gasteiger partial charge in [-0.3, -0.25) is 14.4 Å². The number of carbonyl (C=O) groups is 4. The van der Waals surface area contributed by atoms with Crippen molar-refractivity contribution in [3.05, 3.63) is 65.7 Å². The van der Waals surface area contributed by atoms with Crippen LogP contribution in [0.1, 0.15) is 30.4 Å². The minimum atomic E-state index is -1.17. The van der Waals surface area contributed by atoms with Crippen molar-refractivity contribution < 1.29 is 29.4 Å². The molecule has 0 aromatic heterocycles. The summed E-state index contributed by atoms with van der Waals surface area (Å²) in [7, 11) is 0. The van der Waals surface area contributed by atoms with Gasteiger partial charge in [-0.1, -0.05) is 42.5 Å². The van der Waals surface area contributed by atoms with E-state index >= 15 is 0 Å². The fraction of sp³-hybridized carbons (Fsp3) is 0.385. The number of carboxylic acids is 1. The van der Waals surface area contributed by atoms with E-state index in [4.69, 9.17) is 11.5 Å². The standard InChI is InChI=1S/C26H35N5O6/c27-13-5-4-8-21(26(36)37)30-23(33)16-29-25(35)22(15-17-6-2-1-3-7-17)31-24(34)20(28)14-18-9-11-19(32)12-10-18/h1-3,6-7,9-12,20-22,32H,4-5,8,13-16,27-28H2,(H,29,35)(H,30,33)(H,31,34)(H,36,37). The van der Waals surface area contributed by atoms with E-state index < -0.39 is 48.4 Å². The Labute approximate surface area is 215 Å². The van der Waals surface area contributed by atoms with Crippen LogP contribution in [0.15, 0.2) is 54.6 Å². The van der Waals surface area contributed by atoms with Gasteiger partial charge in [-0.05, 0) is 55.5 Å². The molecule has 3 unspecified atom stereocenters. The van der Waals surface area contributed by atoms with Gasteiger partial charge in [-0.15, -0.1) is 0 Å². The van der Waals surface area contributed by atoms with E-state index in [0.717, 1.165) is 11.1 Å². The average molecular weight is 514 g/mol. The molecule has 3 atom stereocenters. The SMILES string of the molecule is NCCCCC(NC(=O)CNC(=O)C(Cc1ccccc1)NC(=O)C(N)Cc1ccc(O)cc1)C(=O)O. The van der Waals surface area contributed by atoms with Gasteiger partial charge in [0.1, 0.15) is 17.8 Å². The largest absolute Gasteiger partial charge is 0.508 e. The second-order valence-corrected chi connectivity index (χ2v) is 8.69. The predicted octanol–water partition coefficient (Wildman–Crippen LogP) is -0.196. The number of aliphatic carboxylic acids is 1. The van der Waals surface area contributed by atoms with Gasteiger partial charge in [-0.2, -0.15) is 0 Å². The number of amides is 3. The number of phenols is 1. The van der Waals surface area contributed by atoms with E-state index in [0.29, 0.717) is 19.4 Å². The van der Waals surface area contributed by atoms with Crippen molar-refractivity contribution in [2.24, 2.45) is 11.5 Å². The third-order valence-corrected chi connectivity index (χ3v) is 5.65. The number of rotatable bonds is 15. The highest BCUT2D eigenvalue weighted by molar-refractivity contribution is 5.92. The van der Waals surface area contributed by atoms with Crippen LogP contribution in [-0.4, -0.2) is 65.1 Å². The molecular weight excluding hydrogens is 478 g/mol. The van der Waals surface area contributed by atoms with Crippen LogP contribution in [-0.2, 0) is 32.0 Å². The molecule has 0 saturated carbocycles. The molecule has 0 aliphatic carbocycles. The summed E-state index contributed by atoms with van der Waals surface area (Å²) in [6.07, 6.45) is 1.73. The third-order valence-electron chi connectivity index (χ3n) is 5.65. The first kappa shape index (κ1) is 29.3. The van der Waals surface area contributed by atoms with Crippen LogP contribution in [0.2, 0.25) is 0 Å². The Hall–Kier alpha value is -3.96. The van der Waals surface area contributed by atoms with Crippen LogP contribution < -0.4 is 27.4 Å². The number of hydrogen-bond acceptors (Lipinski definition) is 7. The van der Waals surface area contributed by atoms with E-state index in [1.165, 1.54) is 12.1 Å². The summed E-state index contributed by atoms with van der Waals surface area (Å²) in [6, 6.07) is 12.2. The molecule has 0 aliphatic rings. The van der Waals surface area contributed by atoms with E-state index in [2.05, 4.69) is 16.0 Å².